The highest BCUT2D eigenvalue weighted by Crippen LogP contribution is 2.35. The van der Waals surface area contributed by atoms with Crippen molar-refractivity contribution in [2.45, 2.75) is 57.7 Å². The van der Waals surface area contributed by atoms with Crippen molar-refractivity contribution in [3.8, 4) is 0 Å². The van der Waals surface area contributed by atoms with Crippen LogP contribution in [-0.2, 0) is 14.3 Å². The van der Waals surface area contributed by atoms with Crippen LogP contribution in [0.25, 0.3) is 0 Å². The lowest BCUT2D eigenvalue weighted by Gasteiger charge is -2.40. The molecule has 0 saturated heterocycles. The van der Waals surface area contributed by atoms with Gasteiger partial charge in [-0.1, -0.05) is 19.8 Å². The fourth-order valence-electron chi connectivity index (χ4n) is 2.95. The summed E-state index contributed by atoms with van der Waals surface area (Å²) in [5.41, 5.74) is 5.60. The Labute approximate surface area is 122 Å². The smallest absolute Gasteiger partial charge is 0.248 e. The molecule has 0 aliphatic heterocycles. The molecule has 20 heavy (non-hydrogen) atoms. The molecule has 3 N–H and O–H groups in total. The van der Waals surface area contributed by atoms with E-state index in [1.807, 2.05) is 6.92 Å². The zero-order valence-corrected chi connectivity index (χ0v) is 13.1. The molecule has 1 aliphatic carbocycles. The summed E-state index contributed by atoms with van der Waals surface area (Å²) in [5, 5.41) is 2.87. The number of nitrogens with one attached hydrogen (secondary N) is 1. The molecule has 5 heteroatoms. The van der Waals surface area contributed by atoms with E-state index in [0.29, 0.717) is 25.6 Å². The molecule has 0 aromatic carbocycles. The van der Waals surface area contributed by atoms with Gasteiger partial charge in [0, 0.05) is 26.8 Å². The van der Waals surface area contributed by atoms with E-state index in [-0.39, 0.29) is 11.5 Å². The van der Waals surface area contributed by atoms with Crippen LogP contribution in [0.15, 0.2) is 0 Å². The molecule has 1 saturated carbocycles. The molecule has 1 fully saturated rings. The molecular weight excluding hydrogens is 256 g/mol. The minimum Gasteiger partial charge on any atom is -0.385 e. The lowest BCUT2D eigenvalue weighted by molar-refractivity contribution is -0.151. The highest BCUT2D eigenvalue weighted by atomic mass is 16.5. The van der Waals surface area contributed by atoms with Crippen molar-refractivity contribution < 1.29 is 14.3 Å². The van der Waals surface area contributed by atoms with Gasteiger partial charge in [0.05, 0.1) is 5.60 Å². The maximum Gasteiger partial charge on any atom is 0.248 e. The van der Waals surface area contributed by atoms with Gasteiger partial charge in [0.2, 0.25) is 5.91 Å². The Morgan fingerprint density at radius 3 is 2.90 bits per heavy atom. The quantitative estimate of drug-likeness (QED) is 0.662. The highest BCUT2D eigenvalue weighted by Gasteiger charge is 2.37. The first-order valence-corrected chi connectivity index (χ1v) is 7.67. The predicted octanol–water partition coefficient (Wildman–Crippen LogP) is 1.45. The topological polar surface area (TPSA) is 73.6 Å². The van der Waals surface area contributed by atoms with E-state index in [1.165, 1.54) is 6.42 Å². The molecule has 1 rings (SSSR count). The zero-order chi connectivity index (χ0) is 15.0. The minimum absolute atomic E-state index is 0.0628. The zero-order valence-electron chi connectivity index (χ0n) is 13.1. The number of carbonyl (C=O) groups excluding carboxylic acids is 1. The molecule has 3 atom stereocenters. The van der Waals surface area contributed by atoms with E-state index < -0.39 is 6.10 Å². The highest BCUT2D eigenvalue weighted by molar-refractivity contribution is 5.80. The summed E-state index contributed by atoms with van der Waals surface area (Å²) in [6.07, 6.45) is 4.61. The Bertz CT molecular complexity index is 299. The Balaban J connectivity index is 2.41. The average molecular weight is 286 g/mol. The number of hydrogen-bond donors (Lipinski definition) is 2. The van der Waals surface area contributed by atoms with Gasteiger partial charge in [0.1, 0.15) is 6.10 Å². The van der Waals surface area contributed by atoms with Gasteiger partial charge in [-0.3, -0.25) is 4.79 Å². The number of carbonyl (C=O) groups is 1. The standard InChI is InChI=1S/C15H30N2O3/c1-12-6-4-7-15(10-12,11-16)20-13(2)14(18)17-8-5-9-19-3/h12-13H,4-11,16H2,1-3H3,(H,17,18). The number of hydrogen-bond acceptors (Lipinski definition) is 4. The normalized spacial score (nSPS) is 28.1. The molecule has 118 valence electrons. The molecule has 1 aliphatic rings. The fourth-order valence-corrected chi connectivity index (χ4v) is 2.95. The third-order valence-electron chi connectivity index (χ3n) is 4.04. The first-order chi connectivity index (χ1) is 9.53. The molecule has 3 unspecified atom stereocenters. The van der Waals surface area contributed by atoms with Crippen LogP contribution in [0.4, 0.5) is 0 Å². The second kappa shape index (κ2) is 8.60. The van der Waals surface area contributed by atoms with Crippen molar-refractivity contribution in [2.24, 2.45) is 11.7 Å². The van der Waals surface area contributed by atoms with E-state index in [4.69, 9.17) is 15.2 Å². The second-order valence-corrected chi connectivity index (χ2v) is 5.99. The number of methoxy groups -OCH3 is 1. The van der Waals surface area contributed by atoms with Crippen LogP contribution in [0.3, 0.4) is 0 Å². The Morgan fingerprint density at radius 2 is 2.30 bits per heavy atom. The van der Waals surface area contributed by atoms with Crippen LogP contribution in [0, 0.1) is 5.92 Å². The van der Waals surface area contributed by atoms with Crippen LogP contribution >= 0.6 is 0 Å². The molecule has 0 heterocycles. The third-order valence-corrected chi connectivity index (χ3v) is 4.04. The summed E-state index contributed by atoms with van der Waals surface area (Å²) in [7, 11) is 1.66. The number of rotatable bonds is 8. The summed E-state index contributed by atoms with van der Waals surface area (Å²) in [6, 6.07) is 0. The fraction of sp³-hybridized carbons (Fsp3) is 0.933. The van der Waals surface area contributed by atoms with Crippen molar-refractivity contribution in [1.82, 2.24) is 5.32 Å². The monoisotopic (exact) mass is 286 g/mol. The largest absolute Gasteiger partial charge is 0.385 e. The maximum absolute atomic E-state index is 12.0. The van der Waals surface area contributed by atoms with Gasteiger partial charge in [0.15, 0.2) is 0 Å². The van der Waals surface area contributed by atoms with Gasteiger partial charge < -0.3 is 20.5 Å². The van der Waals surface area contributed by atoms with Crippen molar-refractivity contribution in [2.75, 3.05) is 26.8 Å². The Morgan fingerprint density at radius 1 is 1.55 bits per heavy atom. The van der Waals surface area contributed by atoms with Gasteiger partial charge in [-0.2, -0.15) is 0 Å². The van der Waals surface area contributed by atoms with Crippen LogP contribution < -0.4 is 11.1 Å². The second-order valence-electron chi connectivity index (χ2n) is 5.99. The van der Waals surface area contributed by atoms with Crippen LogP contribution in [-0.4, -0.2) is 44.4 Å². The summed E-state index contributed by atoms with van der Waals surface area (Å²) in [4.78, 5) is 12.0. The van der Waals surface area contributed by atoms with Crippen molar-refractivity contribution >= 4 is 5.91 Å². The van der Waals surface area contributed by atoms with E-state index in [1.54, 1.807) is 7.11 Å². The van der Waals surface area contributed by atoms with Crippen LogP contribution in [0.2, 0.25) is 0 Å². The summed E-state index contributed by atoms with van der Waals surface area (Å²) in [6.45, 7) is 5.79. The molecule has 5 nitrogen and oxygen atoms in total. The predicted molar refractivity (Wildman–Crippen MR) is 79.5 cm³/mol. The molecule has 0 radical (unpaired) electrons. The first-order valence-electron chi connectivity index (χ1n) is 7.67. The van der Waals surface area contributed by atoms with Crippen molar-refractivity contribution in [3.05, 3.63) is 0 Å². The van der Waals surface area contributed by atoms with E-state index in [0.717, 1.165) is 25.7 Å². The molecule has 0 bridgehead atoms. The first kappa shape index (κ1) is 17.4. The number of nitrogens with two attached hydrogens (primary N) is 1. The van der Waals surface area contributed by atoms with Crippen molar-refractivity contribution in [3.63, 3.8) is 0 Å². The molecular formula is C15H30N2O3. The lowest BCUT2D eigenvalue weighted by atomic mass is 9.78. The molecule has 0 aromatic rings. The SMILES string of the molecule is COCCCNC(=O)C(C)OC1(CN)CCCC(C)C1. The van der Waals surface area contributed by atoms with Gasteiger partial charge >= 0.3 is 0 Å². The third kappa shape index (κ3) is 5.38. The maximum atomic E-state index is 12.0. The number of amides is 1. The van der Waals surface area contributed by atoms with Gasteiger partial charge in [-0.15, -0.1) is 0 Å². The van der Waals surface area contributed by atoms with Gasteiger partial charge in [-0.05, 0) is 32.1 Å². The number of ether oxygens (including phenoxy) is 2. The van der Waals surface area contributed by atoms with Crippen LogP contribution in [0.5, 0.6) is 0 Å². The van der Waals surface area contributed by atoms with E-state index in [9.17, 15) is 4.79 Å². The van der Waals surface area contributed by atoms with E-state index in [2.05, 4.69) is 12.2 Å². The van der Waals surface area contributed by atoms with Gasteiger partial charge in [0.25, 0.3) is 0 Å². The summed E-state index contributed by atoms with van der Waals surface area (Å²) >= 11 is 0. The lowest BCUT2D eigenvalue weighted by Crippen LogP contribution is -2.49. The van der Waals surface area contributed by atoms with Gasteiger partial charge in [-0.25, -0.2) is 0 Å². The summed E-state index contributed by atoms with van der Waals surface area (Å²) in [5.74, 6) is 0.552. The average Bonchev–Trinajstić information content (AvgIpc) is 2.43. The molecule has 1 amide bonds. The summed E-state index contributed by atoms with van der Waals surface area (Å²) < 4.78 is 11.0. The van der Waals surface area contributed by atoms with E-state index >= 15 is 0 Å². The molecule has 0 spiro atoms. The molecule has 0 aromatic heterocycles. The van der Waals surface area contributed by atoms with Crippen molar-refractivity contribution in [1.29, 1.82) is 0 Å². The Kier molecular flexibility index (Phi) is 7.48. The van der Waals surface area contributed by atoms with Crippen LogP contribution in [0.1, 0.15) is 46.0 Å². The minimum atomic E-state index is -0.452. The Hall–Kier alpha value is -0.650.